The zero-order chi connectivity index (χ0) is 16.5. The molecule has 0 bridgehead atoms. The van der Waals surface area contributed by atoms with Crippen LogP contribution in [0.4, 0.5) is 5.69 Å². The van der Waals surface area contributed by atoms with Crippen molar-refractivity contribution in [2.24, 2.45) is 5.92 Å². The van der Waals surface area contributed by atoms with Gasteiger partial charge in [-0.05, 0) is 37.8 Å². The van der Waals surface area contributed by atoms with Crippen molar-refractivity contribution in [3.63, 3.8) is 0 Å². The summed E-state index contributed by atoms with van der Waals surface area (Å²) >= 11 is 0. The number of hydrogen-bond acceptors (Lipinski definition) is 3. The molecule has 1 aromatic carbocycles. The number of carbonyl (C=O) groups excluding carboxylic acids is 1. The van der Waals surface area contributed by atoms with E-state index < -0.39 is 0 Å². The molecule has 2 unspecified atom stereocenters. The predicted molar refractivity (Wildman–Crippen MR) is 97.3 cm³/mol. The number of hydrogen-bond donors (Lipinski definition) is 1. The third-order valence-electron chi connectivity index (χ3n) is 6.18. The van der Waals surface area contributed by atoms with Crippen molar-refractivity contribution >= 4 is 11.6 Å². The largest absolute Gasteiger partial charge is 0.365 e. The molecule has 24 heavy (non-hydrogen) atoms. The molecule has 2 atom stereocenters. The van der Waals surface area contributed by atoms with E-state index in [9.17, 15) is 4.79 Å². The Morgan fingerprint density at radius 2 is 2.00 bits per heavy atom. The van der Waals surface area contributed by atoms with Gasteiger partial charge in [0, 0.05) is 37.9 Å². The van der Waals surface area contributed by atoms with E-state index in [0.29, 0.717) is 6.04 Å². The molecule has 130 valence electrons. The van der Waals surface area contributed by atoms with Crippen molar-refractivity contribution in [1.82, 2.24) is 10.2 Å². The molecule has 0 radical (unpaired) electrons. The normalized spacial score (nSPS) is 27.6. The number of nitrogens with zero attached hydrogens (tertiary/aromatic N) is 2. The first-order chi connectivity index (χ1) is 11.8. The minimum absolute atomic E-state index is 0.0732. The van der Waals surface area contributed by atoms with Gasteiger partial charge in [-0.25, -0.2) is 0 Å². The van der Waals surface area contributed by atoms with E-state index in [4.69, 9.17) is 0 Å². The third kappa shape index (κ3) is 2.81. The van der Waals surface area contributed by atoms with E-state index in [2.05, 4.69) is 39.4 Å². The van der Waals surface area contributed by atoms with E-state index >= 15 is 0 Å². The van der Waals surface area contributed by atoms with Gasteiger partial charge < -0.3 is 10.2 Å². The topological polar surface area (TPSA) is 35.6 Å². The highest BCUT2D eigenvalue weighted by atomic mass is 16.1. The molecule has 1 aromatic rings. The first-order valence-electron chi connectivity index (χ1n) is 9.64. The van der Waals surface area contributed by atoms with Crippen LogP contribution in [0, 0.1) is 5.92 Å². The van der Waals surface area contributed by atoms with Crippen LogP contribution in [0.2, 0.25) is 0 Å². The van der Waals surface area contributed by atoms with Crippen LogP contribution in [0.15, 0.2) is 24.3 Å². The number of nitrogens with one attached hydrogen (secondary N) is 1. The van der Waals surface area contributed by atoms with Gasteiger partial charge in [-0.2, -0.15) is 0 Å². The summed E-state index contributed by atoms with van der Waals surface area (Å²) < 4.78 is 0. The van der Waals surface area contributed by atoms with Gasteiger partial charge in [0.1, 0.15) is 0 Å². The van der Waals surface area contributed by atoms with Crippen LogP contribution >= 0.6 is 0 Å². The Morgan fingerprint density at radius 3 is 2.79 bits per heavy atom. The first-order valence-corrected chi connectivity index (χ1v) is 9.64. The van der Waals surface area contributed by atoms with Gasteiger partial charge in [-0.1, -0.05) is 31.0 Å². The summed E-state index contributed by atoms with van der Waals surface area (Å²) in [6.07, 6.45) is 6.31. The van der Waals surface area contributed by atoms with Crippen LogP contribution in [-0.4, -0.2) is 49.1 Å². The Hall–Kier alpha value is -1.55. The quantitative estimate of drug-likeness (QED) is 0.926. The number of rotatable bonds is 3. The minimum atomic E-state index is 0.0732. The molecule has 1 N–H and O–H groups in total. The maximum Gasteiger partial charge on any atom is 0.225 e. The second kappa shape index (κ2) is 6.75. The highest BCUT2D eigenvalue weighted by molar-refractivity contribution is 5.82. The van der Waals surface area contributed by atoms with Crippen molar-refractivity contribution in [2.75, 3.05) is 31.1 Å². The second-order valence-electron chi connectivity index (χ2n) is 7.53. The van der Waals surface area contributed by atoms with E-state index in [0.717, 1.165) is 38.6 Å². The summed E-state index contributed by atoms with van der Waals surface area (Å²) in [5.74, 6) is 0.305. The number of carbonyl (C=O) groups is 1. The minimum Gasteiger partial charge on any atom is -0.365 e. The number of anilines is 1. The zero-order valence-corrected chi connectivity index (χ0v) is 14.7. The molecule has 2 aliphatic heterocycles. The molecule has 2 fully saturated rings. The molecule has 2 heterocycles. The molecule has 1 amide bonds. The standard InChI is InChI=1S/C20H29N3O/c1-2-21-20(24)17-13-15-7-3-6-10-18(15)23-12-11-22(14-19(17)23)16-8-4-5-9-16/h3,6-7,10,16-17,19H,2,4-5,8-9,11-14H2,1H3,(H,21,24). The third-order valence-corrected chi connectivity index (χ3v) is 6.18. The van der Waals surface area contributed by atoms with Crippen LogP contribution in [-0.2, 0) is 11.2 Å². The molecule has 0 spiro atoms. The first kappa shape index (κ1) is 15.9. The number of benzene rings is 1. The fourth-order valence-corrected chi connectivity index (χ4v) is 4.99. The van der Waals surface area contributed by atoms with E-state index in [1.807, 2.05) is 6.92 Å². The summed E-state index contributed by atoms with van der Waals surface area (Å²) in [5.41, 5.74) is 2.69. The number of amides is 1. The lowest BCUT2D eigenvalue weighted by molar-refractivity contribution is -0.126. The molecule has 4 heteroatoms. The molecule has 0 aromatic heterocycles. The fraction of sp³-hybridized carbons (Fsp3) is 0.650. The van der Waals surface area contributed by atoms with Crippen molar-refractivity contribution in [3.05, 3.63) is 29.8 Å². The van der Waals surface area contributed by atoms with E-state index in [1.165, 1.54) is 36.9 Å². The average Bonchev–Trinajstić information content (AvgIpc) is 3.15. The van der Waals surface area contributed by atoms with Gasteiger partial charge in [0.25, 0.3) is 0 Å². The smallest absolute Gasteiger partial charge is 0.225 e. The van der Waals surface area contributed by atoms with Crippen molar-refractivity contribution in [3.8, 4) is 0 Å². The molecule has 1 aliphatic carbocycles. The van der Waals surface area contributed by atoms with Crippen molar-refractivity contribution in [1.29, 1.82) is 0 Å². The summed E-state index contributed by atoms with van der Waals surface area (Å²) in [7, 11) is 0. The summed E-state index contributed by atoms with van der Waals surface area (Å²) in [6.45, 7) is 5.96. The summed E-state index contributed by atoms with van der Waals surface area (Å²) in [4.78, 5) is 17.9. The van der Waals surface area contributed by atoms with Gasteiger partial charge in [0.05, 0.1) is 12.0 Å². The van der Waals surface area contributed by atoms with E-state index in [-0.39, 0.29) is 11.8 Å². The Kier molecular flexibility index (Phi) is 4.49. The Balaban J connectivity index is 1.61. The Bertz CT molecular complexity index is 596. The van der Waals surface area contributed by atoms with Gasteiger partial charge in [-0.15, -0.1) is 0 Å². The lowest BCUT2D eigenvalue weighted by Gasteiger charge is -2.50. The fourth-order valence-electron chi connectivity index (χ4n) is 4.99. The lowest BCUT2D eigenvalue weighted by atomic mass is 9.83. The summed E-state index contributed by atoms with van der Waals surface area (Å²) in [5, 5.41) is 3.08. The van der Waals surface area contributed by atoms with Crippen LogP contribution in [0.25, 0.3) is 0 Å². The average molecular weight is 327 g/mol. The molecular formula is C20H29N3O. The molecule has 4 nitrogen and oxygen atoms in total. The Labute approximate surface area is 145 Å². The number of piperazine rings is 1. The second-order valence-corrected chi connectivity index (χ2v) is 7.53. The van der Waals surface area contributed by atoms with Gasteiger partial charge >= 0.3 is 0 Å². The highest BCUT2D eigenvalue weighted by Gasteiger charge is 2.42. The number of fused-ring (bicyclic) bond motifs is 3. The SMILES string of the molecule is CCNC(=O)C1Cc2ccccc2N2CCN(C3CCCC3)CC12. The number of para-hydroxylation sites is 1. The molecule has 1 saturated carbocycles. The maximum absolute atomic E-state index is 12.7. The monoisotopic (exact) mass is 327 g/mol. The van der Waals surface area contributed by atoms with Gasteiger partial charge in [-0.3, -0.25) is 9.69 Å². The van der Waals surface area contributed by atoms with Crippen LogP contribution in [0.3, 0.4) is 0 Å². The maximum atomic E-state index is 12.7. The predicted octanol–water partition coefficient (Wildman–Crippen LogP) is 2.43. The molecule has 3 aliphatic rings. The van der Waals surface area contributed by atoms with Crippen LogP contribution in [0.1, 0.15) is 38.2 Å². The molecular weight excluding hydrogens is 298 g/mol. The van der Waals surface area contributed by atoms with Gasteiger partial charge in [0.15, 0.2) is 0 Å². The molecule has 4 rings (SSSR count). The van der Waals surface area contributed by atoms with Crippen LogP contribution < -0.4 is 10.2 Å². The lowest BCUT2D eigenvalue weighted by Crippen LogP contribution is -2.62. The van der Waals surface area contributed by atoms with Crippen molar-refractivity contribution in [2.45, 2.75) is 51.1 Å². The zero-order valence-electron chi connectivity index (χ0n) is 14.7. The van der Waals surface area contributed by atoms with Crippen LogP contribution in [0.5, 0.6) is 0 Å². The Morgan fingerprint density at radius 1 is 1.21 bits per heavy atom. The molecule has 1 saturated heterocycles. The summed E-state index contributed by atoms with van der Waals surface area (Å²) in [6, 6.07) is 9.73. The van der Waals surface area contributed by atoms with Gasteiger partial charge in [0.2, 0.25) is 5.91 Å². The highest BCUT2D eigenvalue weighted by Crippen LogP contribution is 2.37. The van der Waals surface area contributed by atoms with Crippen molar-refractivity contribution < 1.29 is 4.79 Å². The van der Waals surface area contributed by atoms with E-state index in [1.54, 1.807) is 0 Å².